The van der Waals surface area contributed by atoms with E-state index in [1.807, 2.05) is 26.0 Å². The Morgan fingerprint density at radius 1 is 1.44 bits per heavy atom. The number of urea groups is 1. The molecule has 0 aliphatic heterocycles. The zero-order valence-corrected chi connectivity index (χ0v) is 10.1. The van der Waals surface area contributed by atoms with Gasteiger partial charge in [-0.05, 0) is 38.0 Å². The van der Waals surface area contributed by atoms with Gasteiger partial charge in [-0.1, -0.05) is 0 Å². The number of nitrogens with one attached hydrogen (secondary N) is 1. The van der Waals surface area contributed by atoms with Crippen LogP contribution in [0, 0.1) is 0 Å². The molecule has 4 heteroatoms. The Morgan fingerprint density at radius 3 is 2.62 bits per heavy atom. The van der Waals surface area contributed by atoms with E-state index in [1.54, 1.807) is 24.3 Å². The van der Waals surface area contributed by atoms with Crippen LogP contribution in [-0.2, 0) is 6.42 Å². The van der Waals surface area contributed by atoms with Gasteiger partial charge in [0, 0.05) is 32.0 Å². The molecule has 16 heavy (non-hydrogen) atoms. The van der Waals surface area contributed by atoms with Crippen molar-refractivity contribution in [2.75, 3.05) is 13.6 Å². The lowest BCUT2D eigenvalue weighted by Gasteiger charge is -2.19. The van der Waals surface area contributed by atoms with Crippen molar-refractivity contribution >= 4 is 6.03 Å². The molecule has 0 bridgehead atoms. The highest BCUT2D eigenvalue weighted by atomic mass is 16.2. The molecular formula is C12H19N3O. The highest BCUT2D eigenvalue weighted by Crippen LogP contribution is 1.99. The van der Waals surface area contributed by atoms with E-state index in [1.165, 1.54) is 5.56 Å². The summed E-state index contributed by atoms with van der Waals surface area (Å²) in [6.07, 6.45) is 4.39. The Morgan fingerprint density at radius 2 is 2.06 bits per heavy atom. The standard InChI is InChI=1S/C12H19N3O/c1-10(2)14-12(16)15(3)9-6-11-4-7-13-8-5-11/h4-5,7-8,10H,6,9H2,1-3H3,(H,14,16). The molecule has 0 saturated heterocycles. The van der Waals surface area contributed by atoms with E-state index < -0.39 is 0 Å². The number of carbonyl (C=O) groups excluding carboxylic acids is 1. The third-order valence-electron chi connectivity index (χ3n) is 2.24. The lowest BCUT2D eigenvalue weighted by atomic mass is 10.2. The number of pyridine rings is 1. The molecule has 2 amide bonds. The van der Waals surface area contributed by atoms with Crippen molar-refractivity contribution < 1.29 is 4.79 Å². The average Bonchev–Trinajstić information content (AvgIpc) is 2.26. The third kappa shape index (κ3) is 4.29. The molecule has 0 spiro atoms. The molecule has 1 heterocycles. The van der Waals surface area contributed by atoms with Crippen LogP contribution in [0.2, 0.25) is 0 Å². The first-order chi connectivity index (χ1) is 7.59. The highest BCUT2D eigenvalue weighted by molar-refractivity contribution is 5.74. The van der Waals surface area contributed by atoms with Crippen LogP contribution in [0.5, 0.6) is 0 Å². The second-order valence-corrected chi connectivity index (χ2v) is 4.13. The molecule has 0 aromatic carbocycles. The maximum Gasteiger partial charge on any atom is 0.317 e. The topological polar surface area (TPSA) is 45.2 Å². The minimum absolute atomic E-state index is 0.0240. The lowest BCUT2D eigenvalue weighted by Crippen LogP contribution is -2.41. The molecule has 0 atom stereocenters. The maximum atomic E-state index is 11.6. The second-order valence-electron chi connectivity index (χ2n) is 4.13. The summed E-state index contributed by atoms with van der Waals surface area (Å²) in [5.41, 5.74) is 1.19. The van der Waals surface area contributed by atoms with Gasteiger partial charge in [0.25, 0.3) is 0 Å². The molecular weight excluding hydrogens is 202 g/mol. The molecule has 0 saturated carbocycles. The summed E-state index contributed by atoms with van der Waals surface area (Å²) in [6, 6.07) is 4.09. The summed E-state index contributed by atoms with van der Waals surface area (Å²) in [6.45, 7) is 4.62. The van der Waals surface area contributed by atoms with Gasteiger partial charge in [-0.15, -0.1) is 0 Å². The first-order valence-electron chi connectivity index (χ1n) is 5.50. The van der Waals surface area contributed by atoms with E-state index in [2.05, 4.69) is 10.3 Å². The summed E-state index contributed by atoms with van der Waals surface area (Å²) in [5.74, 6) is 0. The normalized spacial score (nSPS) is 10.2. The number of nitrogens with zero attached hydrogens (tertiary/aromatic N) is 2. The number of hydrogen-bond donors (Lipinski definition) is 1. The Balaban J connectivity index is 2.35. The van der Waals surface area contributed by atoms with Crippen LogP contribution in [0.25, 0.3) is 0 Å². The molecule has 1 rings (SSSR count). The number of amides is 2. The molecule has 1 aromatic heterocycles. The molecule has 0 fully saturated rings. The Hall–Kier alpha value is -1.58. The number of carbonyl (C=O) groups is 1. The summed E-state index contributed by atoms with van der Waals surface area (Å²) in [5, 5.41) is 2.85. The van der Waals surface area contributed by atoms with Crippen LogP contribution in [0.1, 0.15) is 19.4 Å². The van der Waals surface area contributed by atoms with Crippen molar-refractivity contribution in [3.63, 3.8) is 0 Å². The van der Waals surface area contributed by atoms with Gasteiger partial charge in [-0.2, -0.15) is 0 Å². The lowest BCUT2D eigenvalue weighted by molar-refractivity contribution is 0.207. The van der Waals surface area contributed by atoms with Crippen molar-refractivity contribution in [2.45, 2.75) is 26.3 Å². The summed E-state index contributed by atoms with van der Waals surface area (Å²) in [4.78, 5) is 17.2. The summed E-state index contributed by atoms with van der Waals surface area (Å²) < 4.78 is 0. The van der Waals surface area contributed by atoms with Crippen LogP contribution in [-0.4, -0.2) is 35.5 Å². The molecule has 4 nitrogen and oxygen atoms in total. The van der Waals surface area contributed by atoms with Crippen molar-refractivity contribution in [2.24, 2.45) is 0 Å². The van der Waals surface area contributed by atoms with Gasteiger partial charge in [0.05, 0.1) is 0 Å². The first-order valence-corrected chi connectivity index (χ1v) is 5.50. The minimum atomic E-state index is -0.0240. The van der Waals surface area contributed by atoms with Crippen LogP contribution >= 0.6 is 0 Å². The fraction of sp³-hybridized carbons (Fsp3) is 0.500. The molecule has 0 aliphatic carbocycles. The fourth-order valence-electron chi connectivity index (χ4n) is 1.30. The Bertz CT molecular complexity index is 324. The smallest absolute Gasteiger partial charge is 0.317 e. The van der Waals surface area contributed by atoms with Crippen molar-refractivity contribution in [3.8, 4) is 0 Å². The predicted octanol–water partition coefficient (Wildman–Crippen LogP) is 1.67. The molecule has 0 unspecified atom stereocenters. The van der Waals surface area contributed by atoms with E-state index in [-0.39, 0.29) is 12.1 Å². The summed E-state index contributed by atoms with van der Waals surface area (Å²) in [7, 11) is 1.80. The maximum absolute atomic E-state index is 11.6. The predicted molar refractivity (Wildman–Crippen MR) is 64.2 cm³/mol. The van der Waals surface area contributed by atoms with Crippen LogP contribution in [0.4, 0.5) is 4.79 Å². The number of aromatic nitrogens is 1. The number of rotatable bonds is 4. The van der Waals surface area contributed by atoms with E-state index in [0.717, 1.165) is 6.42 Å². The average molecular weight is 221 g/mol. The van der Waals surface area contributed by atoms with E-state index in [4.69, 9.17) is 0 Å². The molecule has 1 aromatic rings. The summed E-state index contributed by atoms with van der Waals surface area (Å²) >= 11 is 0. The number of hydrogen-bond acceptors (Lipinski definition) is 2. The van der Waals surface area contributed by atoms with Crippen molar-refractivity contribution in [1.82, 2.24) is 15.2 Å². The monoisotopic (exact) mass is 221 g/mol. The molecule has 0 aliphatic rings. The third-order valence-corrected chi connectivity index (χ3v) is 2.24. The van der Waals surface area contributed by atoms with Gasteiger partial charge in [-0.25, -0.2) is 4.79 Å². The van der Waals surface area contributed by atoms with E-state index >= 15 is 0 Å². The Kier molecular flexibility index (Phi) is 4.76. The quantitative estimate of drug-likeness (QED) is 0.840. The zero-order chi connectivity index (χ0) is 12.0. The Labute approximate surface area is 96.7 Å². The fourth-order valence-corrected chi connectivity index (χ4v) is 1.30. The van der Waals surface area contributed by atoms with Crippen molar-refractivity contribution in [3.05, 3.63) is 30.1 Å². The number of likely N-dealkylation sites (N-methyl/N-ethyl adjacent to an activating group) is 1. The zero-order valence-electron chi connectivity index (χ0n) is 10.1. The van der Waals surface area contributed by atoms with E-state index in [9.17, 15) is 4.79 Å². The second kappa shape index (κ2) is 6.10. The van der Waals surface area contributed by atoms with Crippen LogP contribution in [0.3, 0.4) is 0 Å². The van der Waals surface area contributed by atoms with E-state index in [0.29, 0.717) is 6.54 Å². The van der Waals surface area contributed by atoms with Gasteiger partial charge in [0.1, 0.15) is 0 Å². The van der Waals surface area contributed by atoms with Gasteiger partial charge in [0.2, 0.25) is 0 Å². The van der Waals surface area contributed by atoms with Gasteiger partial charge >= 0.3 is 6.03 Å². The van der Waals surface area contributed by atoms with Gasteiger partial charge in [-0.3, -0.25) is 4.98 Å². The molecule has 1 N–H and O–H groups in total. The van der Waals surface area contributed by atoms with Crippen LogP contribution < -0.4 is 5.32 Å². The van der Waals surface area contributed by atoms with Gasteiger partial charge < -0.3 is 10.2 Å². The minimum Gasteiger partial charge on any atom is -0.336 e. The van der Waals surface area contributed by atoms with Gasteiger partial charge in [0.15, 0.2) is 0 Å². The molecule has 88 valence electrons. The molecule has 0 radical (unpaired) electrons. The SMILES string of the molecule is CC(C)NC(=O)N(C)CCc1ccncc1. The highest BCUT2D eigenvalue weighted by Gasteiger charge is 2.08. The first kappa shape index (κ1) is 12.5. The van der Waals surface area contributed by atoms with Crippen molar-refractivity contribution in [1.29, 1.82) is 0 Å². The van der Waals surface area contributed by atoms with Crippen LogP contribution in [0.15, 0.2) is 24.5 Å². The largest absolute Gasteiger partial charge is 0.336 e.